The van der Waals surface area contributed by atoms with Crippen LogP contribution in [0.2, 0.25) is 0 Å². The van der Waals surface area contributed by atoms with Crippen molar-refractivity contribution in [3.8, 4) is 0 Å². The summed E-state index contributed by atoms with van der Waals surface area (Å²) in [6, 6.07) is 0. The number of nitrogens with zero attached hydrogens (tertiary/aromatic N) is 1. The molecule has 0 aliphatic carbocycles. The maximum atomic E-state index is 5.58. The lowest BCUT2D eigenvalue weighted by molar-refractivity contribution is 0.0375. The van der Waals surface area contributed by atoms with Crippen molar-refractivity contribution in [2.75, 3.05) is 51.8 Å². The average molecular weight is 379 g/mol. The maximum Gasteiger partial charge on any atom is 0.256 e. The Hall–Kier alpha value is 0.310. The first-order valence-electron chi connectivity index (χ1n) is 8.83. The van der Waals surface area contributed by atoms with E-state index in [1.807, 2.05) is 10.8 Å². The molecule has 2 rings (SSSR count). The van der Waals surface area contributed by atoms with Gasteiger partial charge in [-0.3, -0.25) is 4.90 Å². The van der Waals surface area contributed by atoms with Crippen molar-refractivity contribution < 1.29 is 9.47 Å². The van der Waals surface area contributed by atoms with E-state index in [1.165, 1.54) is 31.4 Å². The predicted molar refractivity (Wildman–Crippen MR) is 105 cm³/mol. The molecule has 1 unspecified atom stereocenters. The van der Waals surface area contributed by atoms with Gasteiger partial charge in [0.25, 0.3) is 5.17 Å². The summed E-state index contributed by atoms with van der Waals surface area (Å²) in [6.45, 7) is 6.60. The zero-order chi connectivity index (χ0) is 16.2. The summed E-state index contributed by atoms with van der Waals surface area (Å²) < 4.78 is 10.9. The van der Waals surface area contributed by atoms with Crippen LogP contribution in [0.1, 0.15) is 38.5 Å². The quantitative estimate of drug-likeness (QED) is 0.355. The van der Waals surface area contributed by atoms with E-state index in [1.54, 1.807) is 0 Å². The molecule has 0 aromatic rings. The topological polar surface area (TPSA) is 33.7 Å². The fraction of sp³-hybridized carbons (Fsp3) is 0.938. The molecular formula is C16H30N2O2S3. The minimum absolute atomic E-state index is 0.565. The van der Waals surface area contributed by atoms with Crippen molar-refractivity contribution in [2.24, 2.45) is 0 Å². The van der Waals surface area contributed by atoms with Crippen molar-refractivity contribution in [1.82, 2.24) is 10.2 Å². The van der Waals surface area contributed by atoms with E-state index < -0.39 is 0 Å². The third-order valence-corrected chi connectivity index (χ3v) is 7.42. The largest absolute Gasteiger partial charge is 0.471 e. The highest BCUT2D eigenvalue weighted by molar-refractivity contribution is 8.77. The van der Waals surface area contributed by atoms with Crippen LogP contribution in [0.15, 0.2) is 0 Å². The second kappa shape index (κ2) is 12.6. The van der Waals surface area contributed by atoms with Gasteiger partial charge in [-0.05, 0) is 44.4 Å². The summed E-state index contributed by atoms with van der Waals surface area (Å²) in [5.74, 6) is 1.34. The number of nitrogens with one attached hydrogen (secondary N) is 1. The zero-order valence-electron chi connectivity index (χ0n) is 14.0. The molecule has 1 N–H and O–H groups in total. The maximum absolute atomic E-state index is 5.58. The lowest BCUT2D eigenvalue weighted by atomic mass is 10.1. The lowest BCUT2D eigenvalue weighted by Gasteiger charge is -2.26. The van der Waals surface area contributed by atoms with Gasteiger partial charge in [-0.1, -0.05) is 34.4 Å². The van der Waals surface area contributed by atoms with E-state index in [-0.39, 0.29) is 0 Å². The number of unbranched alkanes of at least 4 members (excludes halogenated alkanes) is 2. The SMILES string of the molecule is S=C(NCCCN1CCOCC1)OCCCCCC1CCSS1. The highest BCUT2D eigenvalue weighted by atomic mass is 33.1. The molecule has 2 fully saturated rings. The molecule has 7 heteroatoms. The highest BCUT2D eigenvalue weighted by Crippen LogP contribution is 2.39. The van der Waals surface area contributed by atoms with E-state index in [9.17, 15) is 0 Å². The van der Waals surface area contributed by atoms with Gasteiger partial charge in [-0.2, -0.15) is 0 Å². The molecule has 2 heterocycles. The van der Waals surface area contributed by atoms with Gasteiger partial charge < -0.3 is 14.8 Å². The summed E-state index contributed by atoms with van der Waals surface area (Å²) in [7, 11) is 4.11. The fourth-order valence-electron chi connectivity index (χ4n) is 2.75. The summed E-state index contributed by atoms with van der Waals surface area (Å²) in [4.78, 5) is 2.44. The monoisotopic (exact) mass is 378 g/mol. The van der Waals surface area contributed by atoms with Gasteiger partial charge in [0.15, 0.2) is 0 Å². The van der Waals surface area contributed by atoms with E-state index >= 15 is 0 Å². The molecule has 0 aromatic heterocycles. The molecule has 23 heavy (non-hydrogen) atoms. The molecule has 134 valence electrons. The minimum Gasteiger partial charge on any atom is -0.471 e. The molecule has 2 saturated heterocycles. The van der Waals surface area contributed by atoms with Crippen molar-refractivity contribution >= 4 is 39.0 Å². The average Bonchev–Trinajstić information content (AvgIpc) is 3.09. The van der Waals surface area contributed by atoms with E-state index in [0.717, 1.165) is 64.1 Å². The number of hydrogen-bond donors (Lipinski definition) is 1. The zero-order valence-corrected chi connectivity index (χ0v) is 16.4. The van der Waals surface area contributed by atoms with Gasteiger partial charge in [0, 0.05) is 30.6 Å². The first-order valence-corrected chi connectivity index (χ1v) is 11.6. The van der Waals surface area contributed by atoms with Gasteiger partial charge in [-0.25, -0.2) is 0 Å². The Morgan fingerprint density at radius 3 is 2.87 bits per heavy atom. The van der Waals surface area contributed by atoms with Crippen molar-refractivity contribution in [1.29, 1.82) is 0 Å². The first kappa shape index (κ1) is 19.6. The van der Waals surface area contributed by atoms with Gasteiger partial charge >= 0.3 is 0 Å². The third kappa shape index (κ3) is 9.39. The molecular weight excluding hydrogens is 348 g/mol. The number of ether oxygens (including phenoxy) is 2. The first-order chi connectivity index (χ1) is 11.3. The Morgan fingerprint density at radius 2 is 2.09 bits per heavy atom. The van der Waals surface area contributed by atoms with Gasteiger partial charge in [0.05, 0.1) is 19.8 Å². The molecule has 4 nitrogen and oxygen atoms in total. The predicted octanol–water partition coefficient (Wildman–Crippen LogP) is 3.31. The van der Waals surface area contributed by atoms with Crippen LogP contribution in [-0.4, -0.2) is 67.1 Å². The van der Waals surface area contributed by atoms with Gasteiger partial charge in [0.2, 0.25) is 0 Å². The van der Waals surface area contributed by atoms with Gasteiger partial charge in [-0.15, -0.1) is 0 Å². The Balaban J connectivity index is 1.34. The van der Waals surface area contributed by atoms with E-state index in [4.69, 9.17) is 21.7 Å². The third-order valence-electron chi connectivity index (χ3n) is 4.16. The van der Waals surface area contributed by atoms with E-state index in [0.29, 0.717) is 5.17 Å². The summed E-state index contributed by atoms with van der Waals surface area (Å²) in [5.41, 5.74) is 0. The van der Waals surface area contributed by atoms with Crippen molar-refractivity contribution in [3.63, 3.8) is 0 Å². The van der Waals surface area contributed by atoms with Crippen LogP contribution in [0.4, 0.5) is 0 Å². The highest BCUT2D eigenvalue weighted by Gasteiger charge is 2.15. The summed E-state index contributed by atoms with van der Waals surface area (Å²) in [6.07, 6.45) is 7.54. The number of hydrogen-bond acceptors (Lipinski definition) is 6. The van der Waals surface area contributed by atoms with Crippen LogP contribution >= 0.6 is 33.8 Å². The number of thiocarbonyl (C=S) groups is 1. The molecule has 0 saturated carbocycles. The Labute approximate surface area is 154 Å². The van der Waals surface area contributed by atoms with Crippen LogP contribution in [0.5, 0.6) is 0 Å². The van der Waals surface area contributed by atoms with Gasteiger partial charge in [0.1, 0.15) is 0 Å². The Bertz CT molecular complexity index is 322. The molecule has 0 aromatic carbocycles. The second-order valence-electron chi connectivity index (χ2n) is 6.05. The molecule has 1 atom stereocenters. The van der Waals surface area contributed by atoms with Crippen molar-refractivity contribution in [2.45, 2.75) is 43.8 Å². The summed E-state index contributed by atoms with van der Waals surface area (Å²) in [5, 5.41) is 4.67. The van der Waals surface area contributed by atoms with Crippen LogP contribution in [0.3, 0.4) is 0 Å². The number of morpholine rings is 1. The Kier molecular flexibility index (Phi) is 10.8. The molecule has 0 radical (unpaired) electrons. The molecule has 0 amide bonds. The number of rotatable bonds is 10. The van der Waals surface area contributed by atoms with Crippen molar-refractivity contribution in [3.05, 3.63) is 0 Å². The van der Waals surface area contributed by atoms with Crippen LogP contribution in [-0.2, 0) is 9.47 Å². The minimum atomic E-state index is 0.565. The van der Waals surface area contributed by atoms with Crippen LogP contribution in [0, 0.1) is 0 Å². The Morgan fingerprint density at radius 1 is 1.22 bits per heavy atom. The molecule has 2 aliphatic heterocycles. The smallest absolute Gasteiger partial charge is 0.256 e. The standard InChI is InChI=1S/C16H30N2O2S3/c21-16(17-7-4-8-18-9-12-19-13-10-18)20-11-3-1-2-5-15-6-14-22-23-15/h15H,1-14H2,(H,17,21). The molecule has 2 aliphatic rings. The van der Waals surface area contributed by atoms with Crippen LogP contribution < -0.4 is 5.32 Å². The normalized spacial score (nSPS) is 22.2. The molecule has 0 spiro atoms. The lowest BCUT2D eigenvalue weighted by Crippen LogP contribution is -2.38. The second-order valence-corrected chi connectivity index (χ2v) is 9.21. The fourth-order valence-corrected chi connectivity index (χ4v) is 5.96. The van der Waals surface area contributed by atoms with Crippen LogP contribution in [0.25, 0.3) is 0 Å². The summed E-state index contributed by atoms with van der Waals surface area (Å²) >= 11 is 5.22. The molecule has 0 bridgehead atoms. The van der Waals surface area contributed by atoms with E-state index in [2.05, 4.69) is 21.0 Å².